The number of rotatable bonds is 6. The summed E-state index contributed by atoms with van der Waals surface area (Å²) < 4.78 is 7.38. The molecule has 0 bridgehead atoms. The van der Waals surface area contributed by atoms with Gasteiger partial charge in [0, 0.05) is 23.1 Å². The first-order valence-corrected chi connectivity index (χ1v) is 11.2. The van der Waals surface area contributed by atoms with Crippen molar-refractivity contribution in [2.24, 2.45) is 11.8 Å². The van der Waals surface area contributed by atoms with Crippen LogP contribution in [0.25, 0.3) is 0 Å². The number of amides is 1. The number of hydrogen-bond acceptors (Lipinski definition) is 2. The molecule has 2 aliphatic rings. The van der Waals surface area contributed by atoms with Crippen LogP contribution in [0.4, 0.5) is 4.79 Å². The van der Waals surface area contributed by atoms with Gasteiger partial charge in [-0.2, -0.15) is 0 Å². The zero-order valence-corrected chi connectivity index (χ0v) is 17.9. The van der Waals surface area contributed by atoms with E-state index in [1.54, 1.807) is 4.90 Å². The molecule has 1 saturated carbocycles. The van der Waals surface area contributed by atoms with Gasteiger partial charge in [-0.15, -0.1) is 0 Å². The minimum absolute atomic E-state index is 0.356. The van der Waals surface area contributed by atoms with E-state index in [2.05, 4.69) is 35.0 Å². The lowest BCUT2D eigenvalue weighted by Crippen LogP contribution is -2.37. The summed E-state index contributed by atoms with van der Waals surface area (Å²) in [6, 6.07) is 6.17. The molecule has 1 saturated heterocycles. The zero-order valence-electron chi connectivity index (χ0n) is 16.3. The normalized spacial score (nSPS) is 24.0. The topological polar surface area (TPSA) is 49.8 Å². The van der Waals surface area contributed by atoms with Gasteiger partial charge < -0.3 is 14.7 Å². The Bertz CT molecular complexity index is 620. The number of hydrogen-bond donors (Lipinski definition) is 1. The van der Waals surface area contributed by atoms with Gasteiger partial charge in [0.05, 0.1) is 6.10 Å². The van der Waals surface area contributed by atoms with Crippen LogP contribution in [0, 0.1) is 18.8 Å². The Morgan fingerprint density at radius 3 is 2.37 bits per heavy atom. The van der Waals surface area contributed by atoms with E-state index in [0.717, 1.165) is 60.8 Å². The second-order valence-corrected chi connectivity index (χ2v) is 9.12. The van der Waals surface area contributed by atoms with Crippen LogP contribution in [0.15, 0.2) is 22.7 Å². The van der Waals surface area contributed by atoms with Crippen molar-refractivity contribution >= 4 is 22.0 Å². The monoisotopic (exact) mass is 437 g/mol. The Kier molecular flexibility index (Phi) is 7.45. The van der Waals surface area contributed by atoms with E-state index in [9.17, 15) is 4.79 Å². The van der Waals surface area contributed by atoms with E-state index >= 15 is 0 Å². The maximum Gasteiger partial charge on any atom is 0.407 e. The number of ether oxygens (including phenoxy) is 1. The summed E-state index contributed by atoms with van der Waals surface area (Å²) in [5, 5.41) is 9.03. The molecule has 4 nitrogen and oxygen atoms in total. The third-order valence-corrected chi connectivity index (χ3v) is 7.27. The van der Waals surface area contributed by atoms with Crippen LogP contribution in [0.1, 0.15) is 63.4 Å². The SMILES string of the molecule is Cc1c(Br)cccc1OC1CCC(CCCC2CCN(C(=O)O)CC2)CC1. The molecule has 0 aromatic heterocycles. The van der Waals surface area contributed by atoms with Crippen molar-refractivity contribution in [1.29, 1.82) is 0 Å². The molecule has 0 radical (unpaired) electrons. The van der Waals surface area contributed by atoms with Crippen LogP contribution in [-0.2, 0) is 0 Å². The average molecular weight is 438 g/mol. The average Bonchev–Trinajstić information content (AvgIpc) is 2.67. The number of benzene rings is 1. The summed E-state index contributed by atoms with van der Waals surface area (Å²) in [7, 11) is 0. The van der Waals surface area contributed by atoms with Crippen molar-refractivity contribution in [3.63, 3.8) is 0 Å². The van der Waals surface area contributed by atoms with Crippen LogP contribution in [0.2, 0.25) is 0 Å². The lowest BCUT2D eigenvalue weighted by atomic mass is 9.82. The van der Waals surface area contributed by atoms with E-state index in [1.165, 1.54) is 37.7 Å². The minimum Gasteiger partial charge on any atom is -0.490 e. The molecule has 2 fully saturated rings. The Balaban J connectivity index is 1.32. The third-order valence-electron chi connectivity index (χ3n) is 6.42. The molecule has 1 heterocycles. The van der Waals surface area contributed by atoms with Gasteiger partial charge in [-0.05, 0) is 69.4 Å². The second kappa shape index (κ2) is 9.81. The zero-order chi connectivity index (χ0) is 19.2. The fourth-order valence-electron chi connectivity index (χ4n) is 4.54. The van der Waals surface area contributed by atoms with E-state index in [0.29, 0.717) is 6.10 Å². The number of piperidine rings is 1. The highest BCUT2D eigenvalue weighted by Gasteiger charge is 2.25. The fourth-order valence-corrected chi connectivity index (χ4v) is 4.89. The van der Waals surface area contributed by atoms with Gasteiger partial charge in [0.2, 0.25) is 0 Å². The molecule has 5 heteroatoms. The molecule has 1 aliphatic carbocycles. The Morgan fingerprint density at radius 2 is 1.74 bits per heavy atom. The maximum atomic E-state index is 11.0. The Hall–Kier alpha value is -1.23. The third kappa shape index (κ3) is 5.87. The standard InChI is InChI=1S/C22H32BrNO3/c1-16-20(23)6-3-7-21(16)27-19-10-8-17(9-11-19)4-2-5-18-12-14-24(15-13-18)22(25)26/h3,6-7,17-19H,2,4-5,8-15H2,1H3,(H,25,26). The number of nitrogens with zero attached hydrogens (tertiary/aromatic N) is 1. The summed E-state index contributed by atoms with van der Waals surface area (Å²) in [5.74, 6) is 2.58. The number of halogens is 1. The van der Waals surface area contributed by atoms with Crippen molar-refractivity contribution < 1.29 is 14.6 Å². The van der Waals surface area contributed by atoms with Crippen molar-refractivity contribution in [2.75, 3.05) is 13.1 Å². The summed E-state index contributed by atoms with van der Waals surface area (Å²) in [4.78, 5) is 12.5. The summed E-state index contributed by atoms with van der Waals surface area (Å²) in [5.41, 5.74) is 1.19. The van der Waals surface area contributed by atoms with Crippen molar-refractivity contribution in [3.05, 3.63) is 28.2 Å². The lowest BCUT2D eigenvalue weighted by molar-refractivity contribution is 0.118. The first-order chi connectivity index (χ1) is 13.0. The lowest BCUT2D eigenvalue weighted by Gasteiger charge is -2.31. The van der Waals surface area contributed by atoms with Gasteiger partial charge in [-0.25, -0.2) is 4.79 Å². The molecule has 0 atom stereocenters. The highest BCUT2D eigenvalue weighted by molar-refractivity contribution is 9.10. The molecule has 0 unspecified atom stereocenters. The highest BCUT2D eigenvalue weighted by Crippen LogP contribution is 2.34. The summed E-state index contributed by atoms with van der Waals surface area (Å²) in [6.45, 7) is 3.54. The molecular weight excluding hydrogens is 406 g/mol. The van der Waals surface area contributed by atoms with E-state index in [-0.39, 0.29) is 0 Å². The Labute approximate surface area is 171 Å². The van der Waals surface area contributed by atoms with Crippen LogP contribution >= 0.6 is 15.9 Å². The minimum atomic E-state index is -0.759. The van der Waals surface area contributed by atoms with Crippen LogP contribution in [0.3, 0.4) is 0 Å². The Morgan fingerprint density at radius 1 is 1.11 bits per heavy atom. The summed E-state index contributed by atoms with van der Waals surface area (Å²) in [6.07, 6.45) is 10.4. The number of likely N-dealkylation sites (tertiary alicyclic amines) is 1. The summed E-state index contributed by atoms with van der Waals surface area (Å²) >= 11 is 3.58. The first kappa shape index (κ1) is 20.5. The van der Waals surface area contributed by atoms with E-state index in [4.69, 9.17) is 9.84 Å². The molecule has 1 aromatic carbocycles. The molecule has 1 aliphatic heterocycles. The molecule has 1 N–H and O–H groups in total. The molecule has 1 amide bonds. The van der Waals surface area contributed by atoms with Crippen LogP contribution in [-0.4, -0.2) is 35.3 Å². The molecule has 1 aromatic rings. The maximum absolute atomic E-state index is 11.0. The van der Waals surface area contributed by atoms with Crippen LogP contribution in [0.5, 0.6) is 5.75 Å². The largest absolute Gasteiger partial charge is 0.490 e. The molecule has 150 valence electrons. The van der Waals surface area contributed by atoms with Gasteiger partial charge in [0.1, 0.15) is 5.75 Å². The van der Waals surface area contributed by atoms with Gasteiger partial charge in [-0.1, -0.05) is 41.3 Å². The number of carboxylic acid groups (broad SMARTS) is 1. The van der Waals surface area contributed by atoms with Crippen molar-refractivity contribution in [2.45, 2.75) is 70.8 Å². The smallest absolute Gasteiger partial charge is 0.407 e. The molecule has 27 heavy (non-hydrogen) atoms. The molecular formula is C22H32BrNO3. The predicted octanol–water partition coefficient (Wildman–Crippen LogP) is 6.26. The second-order valence-electron chi connectivity index (χ2n) is 8.27. The van der Waals surface area contributed by atoms with Gasteiger partial charge in [-0.3, -0.25) is 0 Å². The van der Waals surface area contributed by atoms with Crippen LogP contribution < -0.4 is 4.74 Å². The molecule has 0 spiro atoms. The van der Waals surface area contributed by atoms with Crippen molar-refractivity contribution in [3.8, 4) is 5.75 Å². The predicted molar refractivity (Wildman–Crippen MR) is 111 cm³/mol. The van der Waals surface area contributed by atoms with Gasteiger partial charge >= 0.3 is 6.09 Å². The van der Waals surface area contributed by atoms with Gasteiger partial charge in [0.15, 0.2) is 0 Å². The fraction of sp³-hybridized carbons (Fsp3) is 0.682. The highest BCUT2D eigenvalue weighted by atomic mass is 79.9. The van der Waals surface area contributed by atoms with E-state index < -0.39 is 6.09 Å². The molecule has 3 rings (SSSR count). The van der Waals surface area contributed by atoms with E-state index in [1.807, 2.05) is 6.07 Å². The number of carbonyl (C=O) groups is 1. The van der Waals surface area contributed by atoms with Crippen molar-refractivity contribution in [1.82, 2.24) is 4.90 Å². The van der Waals surface area contributed by atoms with Gasteiger partial charge in [0.25, 0.3) is 0 Å². The first-order valence-electron chi connectivity index (χ1n) is 10.4. The quantitative estimate of drug-likeness (QED) is 0.571.